The van der Waals surface area contributed by atoms with Gasteiger partial charge >= 0.3 is 0 Å². The number of pyridine rings is 1. The first-order valence-corrected chi connectivity index (χ1v) is 15.2. The summed E-state index contributed by atoms with van der Waals surface area (Å²) in [5, 5.41) is 18.1. The lowest BCUT2D eigenvalue weighted by molar-refractivity contribution is 0.0630. The Labute approximate surface area is 253 Å². The maximum Gasteiger partial charge on any atom is 0.258 e. The predicted molar refractivity (Wildman–Crippen MR) is 169 cm³/mol. The molecule has 1 aromatic carbocycles. The van der Waals surface area contributed by atoms with Gasteiger partial charge in [-0.1, -0.05) is 0 Å². The first-order chi connectivity index (χ1) is 20.6. The molecule has 0 radical (unpaired) electrons. The fraction of sp³-hybridized carbons (Fsp3) is 0.500. The van der Waals surface area contributed by atoms with Crippen LogP contribution in [0.1, 0.15) is 42.7 Å². The van der Waals surface area contributed by atoms with E-state index in [2.05, 4.69) is 49.3 Å². The number of amides is 1. The third-order valence-electron chi connectivity index (χ3n) is 8.92. The second kappa shape index (κ2) is 11.7. The van der Waals surface area contributed by atoms with Crippen molar-refractivity contribution in [2.75, 3.05) is 56.5 Å². The molecule has 2 saturated heterocycles. The van der Waals surface area contributed by atoms with Crippen LogP contribution in [0.2, 0.25) is 0 Å². The summed E-state index contributed by atoms with van der Waals surface area (Å²) in [5.41, 5.74) is 4.80. The highest BCUT2D eigenvalue weighted by Gasteiger charge is 2.28. The summed E-state index contributed by atoms with van der Waals surface area (Å²) in [6, 6.07) is 10.4. The maximum atomic E-state index is 13.5. The number of hydrogen-bond donors (Lipinski definition) is 2. The largest absolute Gasteiger partial charge is 0.389 e. The van der Waals surface area contributed by atoms with E-state index in [1.807, 2.05) is 24.6 Å². The molecule has 43 heavy (non-hydrogen) atoms. The summed E-state index contributed by atoms with van der Waals surface area (Å²) >= 11 is 0. The Morgan fingerprint density at radius 1 is 1.05 bits per heavy atom. The molecule has 2 aliphatic heterocycles. The van der Waals surface area contributed by atoms with E-state index < -0.39 is 5.60 Å². The molecule has 5 heterocycles. The molecule has 228 valence electrons. The van der Waals surface area contributed by atoms with E-state index in [1.54, 1.807) is 43.1 Å². The van der Waals surface area contributed by atoms with Crippen LogP contribution in [0, 0.1) is 6.92 Å². The molecule has 0 unspecified atom stereocenters. The molecule has 0 atom stereocenters. The number of nitrogens with zero attached hydrogens (tertiary/aromatic N) is 8. The molecule has 0 aliphatic carbocycles. The zero-order valence-electron chi connectivity index (χ0n) is 25.9. The smallest absolute Gasteiger partial charge is 0.258 e. The Morgan fingerprint density at radius 3 is 2.47 bits per heavy atom. The Morgan fingerprint density at radius 2 is 1.79 bits per heavy atom. The molecule has 1 amide bonds. The molecular weight excluding hydrogens is 542 g/mol. The summed E-state index contributed by atoms with van der Waals surface area (Å²) < 4.78 is 3.70. The van der Waals surface area contributed by atoms with Crippen molar-refractivity contribution < 1.29 is 9.90 Å². The van der Waals surface area contributed by atoms with Crippen LogP contribution in [0.25, 0.3) is 22.3 Å². The Kier molecular flexibility index (Phi) is 7.97. The van der Waals surface area contributed by atoms with Crippen LogP contribution in [0.4, 0.5) is 11.6 Å². The number of anilines is 2. The number of piperidine rings is 1. The summed E-state index contributed by atoms with van der Waals surface area (Å²) in [6.45, 7) is 12.4. The lowest BCUT2D eigenvalue weighted by Crippen LogP contribution is -2.52. The zero-order chi connectivity index (χ0) is 30.3. The van der Waals surface area contributed by atoms with Gasteiger partial charge < -0.3 is 19.5 Å². The molecule has 4 aromatic rings. The highest BCUT2D eigenvalue weighted by molar-refractivity contribution is 6.04. The van der Waals surface area contributed by atoms with Gasteiger partial charge in [0.25, 0.3) is 5.91 Å². The fourth-order valence-electron chi connectivity index (χ4n) is 6.27. The number of fused-ring (bicyclic) bond motifs is 1. The van der Waals surface area contributed by atoms with Gasteiger partial charge in [-0.25, -0.2) is 4.98 Å². The predicted octanol–water partition coefficient (Wildman–Crippen LogP) is 3.38. The lowest BCUT2D eigenvalue weighted by Gasteiger charge is -2.42. The number of rotatable bonds is 7. The van der Waals surface area contributed by atoms with E-state index in [4.69, 9.17) is 4.98 Å². The van der Waals surface area contributed by atoms with Crippen LogP contribution in [0.15, 0.2) is 42.7 Å². The van der Waals surface area contributed by atoms with Crippen molar-refractivity contribution in [3.63, 3.8) is 0 Å². The molecule has 6 rings (SSSR count). The molecule has 0 bridgehead atoms. The van der Waals surface area contributed by atoms with Gasteiger partial charge in [0, 0.05) is 81.1 Å². The minimum Gasteiger partial charge on any atom is -0.389 e. The topological polar surface area (TPSA) is 108 Å². The third kappa shape index (κ3) is 6.29. The van der Waals surface area contributed by atoms with E-state index in [-0.39, 0.29) is 12.5 Å². The Bertz CT molecular complexity index is 1600. The van der Waals surface area contributed by atoms with E-state index in [0.717, 1.165) is 80.1 Å². The number of aliphatic hydroxyl groups is 1. The fourth-order valence-corrected chi connectivity index (χ4v) is 6.27. The number of piperazine rings is 1. The minimum absolute atomic E-state index is 0.282. The van der Waals surface area contributed by atoms with Crippen molar-refractivity contribution in [3.8, 4) is 11.3 Å². The van der Waals surface area contributed by atoms with Gasteiger partial charge in [-0.2, -0.15) is 5.10 Å². The van der Waals surface area contributed by atoms with Crippen LogP contribution in [0.3, 0.4) is 0 Å². The van der Waals surface area contributed by atoms with Crippen LogP contribution >= 0.6 is 0 Å². The molecule has 0 spiro atoms. The van der Waals surface area contributed by atoms with Gasteiger partial charge in [-0.05, 0) is 71.0 Å². The highest BCUT2D eigenvalue weighted by atomic mass is 16.3. The molecule has 11 heteroatoms. The number of nitrogens with one attached hydrogen (secondary N) is 1. The van der Waals surface area contributed by atoms with Crippen LogP contribution < -0.4 is 10.2 Å². The molecule has 2 N–H and O–H groups in total. The normalized spacial score (nSPS) is 17.6. The van der Waals surface area contributed by atoms with Crippen molar-refractivity contribution in [3.05, 3.63) is 54.0 Å². The van der Waals surface area contributed by atoms with Gasteiger partial charge in [0.1, 0.15) is 0 Å². The Hall–Kier alpha value is -3.80. The van der Waals surface area contributed by atoms with Crippen LogP contribution in [-0.2, 0) is 13.6 Å². The summed E-state index contributed by atoms with van der Waals surface area (Å²) in [6.07, 6.45) is 5.70. The number of hydrogen-bond acceptors (Lipinski definition) is 8. The standard InChI is InChI=1S/C32H43N9O2/c1-22-26(20-34-38(22)5)28-18-23(8-11-33-28)30(42)36-31-35-27-7-6-25(19-29(27)41(31)21-32(2,3)43)39-12-9-24(10-13-39)40-16-14-37(4)15-17-40/h6-8,11,18-20,24,43H,9-10,12-17,21H2,1-5H3,(H,35,36,42). The number of benzene rings is 1. The maximum absolute atomic E-state index is 13.5. The van der Waals surface area contributed by atoms with Gasteiger partial charge in [0.2, 0.25) is 5.95 Å². The second-order valence-electron chi connectivity index (χ2n) is 12.7. The third-order valence-corrected chi connectivity index (χ3v) is 8.92. The number of imidazole rings is 1. The first kappa shape index (κ1) is 29.3. The number of aryl methyl sites for hydroxylation is 1. The van der Waals surface area contributed by atoms with E-state index in [9.17, 15) is 9.90 Å². The molecule has 2 aliphatic rings. The lowest BCUT2D eigenvalue weighted by atomic mass is 10.0. The van der Waals surface area contributed by atoms with E-state index in [1.165, 1.54) is 0 Å². The van der Waals surface area contributed by atoms with Gasteiger partial charge in [0.05, 0.1) is 35.1 Å². The van der Waals surface area contributed by atoms with Crippen molar-refractivity contribution >= 4 is 28.6 Å². The zero-order valence-corrected chi connectivity index (χ0v) is 25.9. The van der Waals surface area contributed by atoms with Crippen molar-refractivity contribution in [2.45, 2.75) is 51.8 Å². The minimum atomic E-state index is -1.01. The van der Waals surface area contributed by atoms with Gasteiger partial charge in [0.15, 0.2) is 0 Å². The average molecular weight is 586 g/mol. The number of carbonyl (C=O) groups excluding carboxylic acids is 1. The molecular formula is C32H43N9O2. The SMILES string of the molecule is Cc1c(-c2cc(C(=O)Nc3nc4ccc(N5CCC(N6CCN(C)CC6)CC5)cc4n3CC(C)(C)O)ccn2)cnn1C. The van der Waals surface area contributed by atoms with Crippen molar-refractivity contribution in [2.24, 2.45) is 7.05 Å². The molecule has 3 aromatic heterocycles. The summed E-state index contributed by atoms with van der Waals surface area (Å²) in [4.78, 5) is 30.3. The van der Waals surface area contributed by atoms with Crippen molar-refractivity contribution in [1.82, 2.24) is 34.1 Å². The van der Waals surface area contributed by atoms with Crippen molar-refractivity contribution in [1.29, 1.82) is 0 Å². The van der Waals surface area contributed by atoms with E-state index in [0.29, 0.717) is 23.2 Å². The second-order valence-corrected chi connectivity index (χ2v) is 12.7. The monoisotopic (exact) mass is 585 g/mol. The van der Waals surface area contributed by atoms with Gasteiger partial charge in [-0.15, -0.1) is 0 Å². The van der Waals surface area contributed by atoms with E-state index >= 15 is 0 Å². The average Bonchev–Trinajstić information content (AvgIpc) is 3.50. The Balaban J connectivity index is 1.23. The number of likely N-dealkylation sites (N-methyl/N-ethyl adjacent to an activating group) is 1. The molecule has 11 nitrogen and oxygen atoms in total. The van der Waals surface area contributed by atoms with Crippen LogP contribution in [0.5, 0.6) is 0 Å². The number of aromatic nitrogens is 5. The molecule has 0 saturated carbocycles. The summed E-state index contributed by atoms with van der Waals surface area (Å²) in [5.74, 6) is 0.118. The van der Waals surface area contributed by atoms with Gasteiger partial charge in [-0.3, -0.25) is 24.7 Å². The first-order valence-electron chi connectivity index (χ1n) is 15.2. The molecule has 2 fully saturated rings. The summed E-state index contributed by atoms with van der Waals surface area (Å²) in [7, 11) is 4.08. The quantitative estimate of drug-likeness (QED) is 0.340. The number of carbonyl (C=O) groups is 1. The van der Waals surface area contributed by atoms with Crippen LogP contribution in [-0.4, -0.2) is 103 Å². The highest BCUT2D eigenvalue weighted by Crippen LogP contribution is 2.30.